The molecule has 2 aromatic carbocycles. The SMILES string of the molecule is CCN1CC[C@@H](CC(=O)c2nc(C(C)(C)C)co2)c2ccc(-c3ncnc(Nc4cnn(C)c4)n3)cc2C1.CCOS(=O)(=O)C(F)(F)F.Cl.Cn1cc(Nc2ncnc(-c3ccc4c(c3)CNCC[C@H]4CC(=O)c3nc(C(C)(C)C)co3)n2)cn1. The predicted molar refractivity (Wildman–Crippen MR) is 313 cm³/mol. The van der Waals surface area contributed by atoms with Gasteiger partial charge in [-0.15, -0.1) is 12.4 Å². The molecule has 454 valence electrons. The van der Waals surface area contributed by atoms with Gasteiger partial charge >= 0.3 is 15.6 Å². The molecule has 0 radical (unpaired) electrons. The third-order valence-electron chi connectivity index (χ3n) is 13.8. The number of alkyl halides is 3. The zero-order valence-corrected chi connectivity index (χ0v) is 50.6. The number of halogens is 4. The minimum atomic E-state index is -5.35. The summed E-state index contributed by atoms with van der Waals surface area (Å²) >= 11 is 0. The number of oxazole rings is 2. The second-order valence-electron chi connectivity index (χ2n) is 22.3. The van der Waals surface area contributed by atoms with Crippen molar-refractivity contribution in [3.63, 3.8) is 0 Å². The van der Waals surface area contributed by atoms with Crippen molar-refractivity contribution < 1.29 is 44.2 Å². The van der Waals surface area contributed by atoms with Crippen LogP contribution in [0.4, 0.5) is 36.4 Å². The number of rotatable bonds is 15. The summed E-state index contributed by atoms with van der Waals surface area (Å²) in [5.41, 5.74) is 4.00. The van der Waals surface area contributed by atoms with E-state index in [2.05, 4.69) is 127 Å². The molecule has 3 N–H and O–H groups in total. The summed E-state index contributed by atoms with van der Waals surface area (Å²) in [6.07, 6.45) is 15.8. The fourth-order valence-electron chi connectivity index (χ4n) is 9.30. The summed E-state index contributed by atoms with van der Waals surface area (Å²) < 4.78 is 71.7. The molecule has 0 saturated carbocycles. The summed E-state index contributed by atoms with van der Waals surface area (Å²) in [6, 6.07) is 12.5. The Morgan fingerprint density at radius 3 is 1.61 bits per heavy atom. The number of nitrogens with one attached hydrogen (secondary N) is 3. The lowest BCUT2D eigenvalue weighted by molar-refractivity contribution is -0.0539. The highest BCUT2D eigenvalue weighted by molar-refractivity contribution is 7.87. The van der Waals surface area contributed by atoms with Gasteiger partial charge in [-0.2, -0.15) is 41.8 Å². The summed E-state index contributed by atoms with van der Waals surface area (Å²) in [5.74, 6) is 2.47. The molecule has 23 nitrogen and oxygen atoms in total. The molecule has 2 aliphatic heterocycles. The van der Waals surface area contributed by atoms with Crippen LogP contribution < -0.4 is 16.0 Å². The lowest BCUT2D eigenvalue weighted by Gasteiger charge is -2.18. The maximum absolute atomic E-state index is 13.2. The van der Waals surface area contributed by atoms with Crippen molar-refractivity contribution in [2.45, 2.75) is 122 Å². The Labute approximate surface area is 497 Å². The number of carbonyl (C=O) groups is 2. The standard InChI is InChI=1S/C28H34N8O2.C26H30N8O2.C3H5F3O3S.ClH/c1-6-36-10-9-18(12-23(37)26-33-24(16-38-26)28(2,3)4)22-8-7-19(11-20(22)14-36)25-29-17-30-27(34-25)32-21-13-31-35(5)15-21;1-26(2,3)22-14-36-24(32-22)21(35)10-16-7-8-27-11-18-9-17(5-6-20(16)18)23-28-15-29-25(33-23)31-19-12-30-34(4)13-19;1-2-9-10(7,8)3(4,5)6;/h7-8,11,13,15-18H,6,9-10,12,14H2,1-5H3,(H,29,30,32,34);5-6,9,12-16,27H,7-8,10-11H2,1-4H3,(H,28,29,31,33);2H2,1H3;1H/t18-;16-;;/m00../s1. The van der Waals surface area contributed by atoms with Crippen LogP contribution in [0.5, 0.6) is 0 Å². The van der Waals surface area contributed by atoms with E-state index in [0.717, 1.165) is 91.0 Å². The smallest absolute Gasteiger partial charge is 0.442 e. The Morgan fingerprint density at radius 1 is 0.706 bits per heavy atom. The largest absolute Gasteiger partial charge is 0.523 e. The Balaban J connectivity index is 0.000000208. The van der Waals surface area contributed by atoms with Crippen molar-refractivity contribution in [2.75, 3.05) is 36.9 Å². The quantitative estimate of drug-likeness (QED) is 0.0488. The number of benzene rings is 2. The van der Waals surface area contributed by atoms with Crippen LogP contribution in [-0.2, 0) is 52.3 Å². The normalized spacial score (nSPS) is 15.5. The molecule has 10 rings (SSSR count). The molecule has 0 amide bonds. The number of hydrogen-bond donors (Lipinski definition) is 3. The molecule has 8 heterocycles. The van der Waals surface area contributed by atoms with Crippen LogP contribution in [0.15, 0.2) is 95.2 Å². The number of fused-ring (bicyclic) bond motifs is 2. The number of hydrogen-bond acceptors (Lipinski definition) is 21. The van der Waals surface area contributed by atoms with Crippen LogP contribution in [-0.4, -0.2) is 116 Å². The number of ketones is 2. The van der Waals surface area contributed by atoms with Gasteiger partial charge in [0.1, 0.15) is 25.2 Å². The molecule has 28 heteroatoms. The number of nitrogens with zero attached hydrogens (tertiary/aromatic N) is 13. The molecule has 0 aliphatic carbocycles. The number of Topliss-reactive ketones (excluding diaryl/α,β-unsaturated/α-hetero) is 2. The van der Waals surface area contributed by atoms with Crippen molar-refractivity contribution in [3.8, 4) is 22.8 Å². The Morgan fingerprint density at radius 2 is 1.19 bits per heavy atom. The highest BCUT2D eigenvalue weighted by atomic mass is 35.5. The van der Waals surface area contributed by atoms with Gasteiger partial charge in [-0.3, -0.25) is 28.0 Å². The zero-order valence-electron chi connectivity index (χ0n) is 48.9. The highest BCUT2D eigenvalue weighted by Crippen LogP contribution is 2.36. The molecule has 8 aromatic rings. The second-order valence-corrected chi connectivity index (χ2v) is 23.9. The van der Waals surface area contributed by atoms with E-state index >= 15 is 0 Å². The van der Waals surface area contributed by atoms with Gasteiger partial charge < -0.3 is 24.8 Å². The van der Waals surface area contributed by atoms with Crippen molar-refractivity contribution >= 4 is 57.4 Å². The van der Waals surface area contributed by atoms with E-state index < -0.39 is 22.2 Å². The molecule has 2 aliphatic rings. The zero-order chi connectivity index (χ0) is 60.6. The molecular weight excluding hydrogens is 1150 g/mol. The van der Waals surface area contributed by atoms with Crippen LogP contribution in [0, 0.1) is 0 Å². The fraction of sp³-hybridized carbons (Fsp3) is 0.439. The molecule has 0 saturated heterocycles. The van der Waals surface area contributed by atoms with E-state index in [1.54, 1.807) is 34.3 Å². The molecule has 85 heavy (non-hydrogen) atoms. The van der Waals surface area contributed by atoms with Gasteiger partial charge in [0.05, 0.1) is 41.8 Å². The van der Waals surface area contributed by atoms with E-state index in [1.165, 1.54) is 23.8 Å². The van der Waals surface area contributed by atoms with Crippen molar-refractivity contribution in [1.82, 2.24) is 69.6 Å². The van der Waals surface area contributed by atoms with Gasteiger partial charge in [-0.05, 0) is 85.6 Å². The van der Waals surface area contributed by atoms with Gasteiger partial charge in [-0.1, -0.05) is 72.7 Å². The molecule has 6 aromatic heterocycles. The lowest BCUT2D eigenvalue weighted by atomic mass is 9.87. The summed E-state index contributed by atoms with van der Waals surface area (Å²) in [4.78, 5) is 64.1. The molecular formula is C57H70ClF3N16O7S. The molecule has 0 bridgehead atoms. The van der Waals surface area contributed by atoms with Crippen LogP contribution in [0.3, 0.4) is 0 Å². The minimum Gasteiger partial charge on any atom is -0.442 e. The topological polar surface area (TPSA) is 282 Å². The lowest BCUT2D eigenvalue weighted by Crippen LogP contribution is -2.25. The molecule has 0 spiro atoms. The molecule has 0 unspecified atom stereocenters. The van der Waals surface area contributed by atoms with Crippen LogP contribution >= 0.6 is 12.4 Å². The van der Waals surface area contributed by atoms with Crippen molar-refractivity contribution in [3.05, 3.63) is 132 Å². The van der Waals surface area contributed by atoms with Gasteiger partial charge in [0.2, 0.25) is 23.5 Å². The monoisotopic (exact) mass is 1210 g/mol. The van der Waals surface area contributed by atoms with E-state index in [-0.39, 0.29) is 58.4 Å². The third kappa shape index (κ3) is 17.0. The Kier molecular flexibility index (Phi) is 20.9. The van der Waals surface area contributed by atoms with Gasteiger partial charge in [0, 0.05) is 74.4 Å². The van der Waals surface area contributed by atoms with Crippen LogP contribution in [0.2, 0.25) is 0 Å². The highest BCUT2D eigenvalue weighted by Gasteiger charge is 2.47. The van der Waals surface area contributed by atoms with E-state index in [4.69, 9.17) is 8.83 Å². The second kappa shape index (κ2) is 27.5. The minimum absolute atomic E-state index is 0. The average Bonchev–Trinajstić information content (AvgIpc) is 3.63. The average molecular weight is 1220 g/mol. The summed E-state index contributed by atoms with van der Waals surface area (Å²) in [7, 11) is -1.64. The van der Waals surface area contributed by atoms with Gasteiger partial charge in [0.15, 0.2) is 11.6 Å². The van der Waals surface area contributed by atoms with Gasteiger partial charge in [0.25, 0.3) is 11.8 Å². The van der Waals surface area contributed by atoms with Gasteiger partial charge in [-0.25, -0.2) is 29.9 Å². The van der Waals surface area contributed by atoms with E-state index in [1.807, 2.05) is 59.4 Å². The molecule has 2 atom stereocenters. The number of aromatic nitrogens is 12. The van der Waals surface area contributed by atoms with E-state index in [9.17, 15) is 31.2 Å². The predicted octanol–water partition coefficient (Wildman–Crippen LogP) is 10.3. The Bertz CT molecular complexity index is 3690. The van der Waals surface area contributed by atoms with Crippen molar-refractivity contribution in [2.24, 2.45) is 14.1 Å². The third-order valence-corrected chi connectivity index (χ3v) is 14.9. The first-order chi connectivity index (χ1) is 39.8. The maximum atomic E-state index is 13.2. The van der Waals surface area contributed by atoms with Crippen LogP contribution in [0.1, 0.15) is 148 Å². The summed E-state index contributed by atoms with van der Waals surface area (Å²) in [6.45, 7) is 19.3. The first-order valence-electron chi connectivity index (χ1n) is 27.3. The summed E-state index contributed by atoms with van der Waals surface area (Å²) in [5, 5.41) is 18.1. The first-order valence-corrected chi connectivity index (χ1v) is 28.7. The van der Waals surface area contributed by atoms with E-state index in [0.29, 0.717) is 42.9 Å². The Hall–Kier alpha value is -7.85. The number of aryl methyl sites for hydroxylation is 2. The van der Waals surface area contributed by atoms with Crippen LogP contribution in [0.25, 0.3) is 22.8 Å². The molecule has 0 fully saturated rings. The number of carbonyl (C=O) groups excluding carboxylic acids is 2. The fourth-order valence-corrected chi connectivity index (χ4v) is 9.74. The maximum Gasteiger partial charge on any atom is 0.523 e. The van der Waals surface area contributed by atoms with Crippen molar-refractivity contribution in [1.29, 1.82) is 0 Å². The number of anilines is 4. The first kappa shape index (κ1) is 64.7.